The van der Waals surface area contributed by atoms with Gasteiger partial charge in [-0.3, -0.25) is 9.59 Å². The molecule has 0 radical (unpaired) electrons. The van der Waals surface area contributed by atoms with E-state index in [9.17, 15) is 14.4 Å². The van der Waals surface area contributed by atoms with Crippen LogP contribution in [0.15, 0.2) is 12.2 Å². The highest BCUT2D eigenvalue weighted by Gasteiger charge is 2.22. The van der Waals surface area contributed by atoms with Crippen molar-refractivity contribution >= 4 is 17.8 Å². The Balaban J connectivity index is 3.62. The maximum atomic E-state index is 11.6. The molecule has 0 spiro atoms. The molecule has 0 saturated carbocycles. The van der Waals surface area contributed by atoms with E-state index in [4.69, 9.17) is 10.2 Å². The average molecular weight is 341 g/mol. The molecule has 0 heterocycles. The van der Waals surface area contributed by atoms with E-state index in [2.05, 4.69) is 24.4 Å². The maximum absolute atomic E-state index is 11.6. The summed E-state index contributed by atoms with van der Waals surface area (Å²) >= 11 is 0. The smallest absolute Gasteiger partial charge is 0.326 e. The lowest BCUT2D eigenvalue weighted by Crippen LogP contribution is -2.42. The summed E-state index contributed by atoms with van der Waals surface area (Å²) in [5, 5.41) is 19.7. The molecule has 1 atom stereocenters. The van der Waals surface area contributed by atoms with Crippen molar-refractivity contribution in [3.63, 3.8) is 0 Å². The van der Waals surface area contributed by atoms with E-state index in [0.29, 0.717) is 6.42 Å². The number of carbonyl (C=O) groups excluding carboxylic acids is 1. The van der Waals surface area contributed by atoms with Gasteiger partial charge < -0.3 is 15.5 Å². The summed E-state index contributed by atoms with van der Waals surface area (Å²) in [6, 6.07) is -1.35. The number of unbranched alkanes of at least 4 members (excludes halogenated alkanes) is 7. The van der Waals surface area contributed by atoms with Crippen LogP contribution < -0.4 is 5.32 Å². The van der Waals surface area contributed by atoms with Gasteiger partial charge in [0.25, 0.3) is 0 Å². The molecule has 6 heteroatoms. The lowest BCUT2D eigenvalue weighted by Gasteiger charge is -2.12. The topological polar surface area (TPSA) is 104 Å². The van der Waals surface area contributed by atoms with Crippen molar-refractivity contribution in [2.75, 3.05) is 0 Å². The summed E-state index contributed by atoms with van der Waals surface area (Å²) in [6.45, 7) is 2.18. The van der Waals surface area contributed by atoms with Gasteiger partial charge in [-0.1, -0.05) is 51.2 Å². The molecule has 0 fully saturated rings. The fourth-order valence-corrected chi connectivity index (χ4v) is 2.28. The number of aliphatic carboxylic acids is 2. The average Bonchev–Trinajstić information content (AvgIpc) is 2.51. The van der Waals surface area contributed by atoms with Gasteiger partial charge >= 0.3 is 11.9 Å². The van der Waals surface area contributed by atoms with Gasteiger partial charge in [-0.05, 0) is 25.7 Å². The molecule has 0 rings (SSSR count). The molecular weight excluding hydrogens is 310 g/mol. The Labute approximate surface area is 144 Å². The van der Waals surface area contributed by atoms with Crippen LogP contribution in [0.1, 0.15) is 77.6 Å². The van der Waals surface area contributed by atoms with Crippen LogP contribution in [0.2, 0.25) is 0 Å². The Bertz CT molecular complexity index is 406. The third-order valence-electron chi connectivity index (χ3n) is 3.68. The van der Waals surface area contributed by atoms with Gasteiger partial charge in [0, 0.05) is 6.42 Å². The van der Waals surface area contributed by atoms with E-state index in [-0.39, 0.29) is 6.42 Å². The van der Waals surface area contributed by atoms with Gasteiger partial charge in [0.05, 0.1) is 6.42 Å². The first-order chi connectivity index (χ1) is 11.5. The number of hydrogen-bond donors (Lipinski definition) is 3. The van der Waals surface area contributed by atoms with E-state index < -0.39 is 30.3 Å². The molecule has 0 bridgehead atoms. The van der Waals surface area contributed by atoms with Crippen LogP contribution in [0.3, 0.4) is 0 Å². The molecule has 138 valence electrons. The molecule has 6 nitrogen and oxygen atoms in total. The van der Waals surface area contributed by atoms with Crippen LogP contribution in [-0.4, -0.2) is 34.1 Å². The second-order valence-corrected chi connectivity index (χ2v) is 5.98. The van der Waals surface area contributed by atoms with Gasteiger partial charge in [0.1, 0.15) is 6.04 Å². The van der Waals surface area contributed by atoms with E-state index >= 15 is 0 Å². The fraction of sp³-hybridized carbons (Fsp3) is 0.722. The van der Waals surface area contributed by atoms with Crippen molar-refractivity contribution in [2.45, 2.75) is 83.6 Å². The zero-order valence-corrected chi connectivity index (χ0v) is 14.6. The summed E-state index contributed by atoms with van der Waals surface area (Å²) in [5.74, 6) is -2.97. The first kappa shape index (κ1) is 22.1. The predicted octanol–water partition coefficient (Wildman–Crippen LogP) is 3.51. The van der Waals surface area contributed by atoms with Crippen LogP contribution in [-0.2, 0) is 14.4 Å². The highest BCUT2D eigenvalue weighted by Crippen LogP contribution is 2.08. The SMILES string of the molecule is CCCC/C=C\CCCCCCCC(=O)N[C@@H](CC(=O)O)C(=O)O. The molecule has 0 saturated heterocycles. The number of allylic oxidation sites excluding steroid dienone is 2. The van der Waals surface area contributed by atoms with Crippen molar-refractivity contribution in [3.8, 4) is 0 Å². The Hall–Kier alpha value is -1.85. The highest BCUT2D eigenvalue weighted by molar-refractivity contribution is 5.86. The van der Waals surface area contributed by atoms with Crippen LogP contribution in [0.25, 0.3) is 0 Å². The van der Waals surface area contributed by atoms with Crippen molar-refractivity contribution in [3.05, 3.63) is 12.2 Å². The number of hydrogen-bond acceptors (Lipinski definition) is 3. The minimum absolute atomic E-state index is 0.236. The normalized spacial score (nSPS) is 12.2. The number of amides is 1. The molecule has 0 aliphatic heterocycles. The Morgan fingerprint density at radius 2 is 1.50 bits per heavy atom. The third kappa shape index (κ3) is 13.8. The van der Waals surface area contributed by atoms with E-state index in [1.807, 2.05) is 0 Å². The number of carboxylic acids is 2. The lowest BCUT2D eigenvalue weighted by atomic mass is 10.1. The predicted molar refractivity (Wildman–Crippen MR) is 92.8 cm³/mol. The molecule has 0 aromatic rings. The second kappa shape index (κ2) is 14.7. The molecule has 0 unspecified atom stereocenters. The molecule has 3 N–H and O–H groups in total. The van der Waals surface area contributed by atoms with Gasteiger partial charge in [-0.2, -0.15) is 0 Å². The summed E-state index contributed by atoms with van der Waals surface area (Å²) < 4.78 is 0. The second-order valence-electron chi connectivity index (χ2n) is 5.98. The van der Waals surface area contributed by atoms with Gasteiger partial charge in [-0.15, -0.1) is 0 Å². The summed E-state index contributed by atoms with van der Waals surface area (Å²) in [4.78, 5) is 33.0. The molecule has 0 aliphatic rings. The van der Waals surface area contributed by atoms with Gasteiger partial charge in [0.2, 0.25) is 5.91 Å². The number of carboxylic acid groups (broad SMARTS) is 2. The Morgan fingerprint density at radius 1 is 0.917 bits per heavy atom. The van der Waals surface area contributed by atoms with Crippen molar-refractivity contribution < 1.29 is 24.6 Å². The summed E-state index contributed by atoms with van der Waals surface area (Å²) in [6.07, 6.45) is 13.8. The summed E-state index contributed by atoms with van der Waals surface area (Å²) in [7, 11) is 0. The largest absolute Gasteiger partial charge is 0.481 e. The van der Waals surface area contributed by atoms with Gasteiger partial charge in [0.15, 0.2) is 0 Å². The van der Waals surface area contributed by atoms with Gasteiger partial charge in [-0.25, -0.2) is 4.79 Å². The van der Waals surface area contributed by atoms with Crippen LogP contribution in [0.4, 0.5) is 0 Å². The molecule has 0 aromatic heterocycles. The quantitative estimate of drug-likeness (QED) is 0.312. The Kier molecular flexibility index (Phi) is 13.6. The standard InChI is InChI=1S/C18H31NO5/c1-2-3-4-5-6-7-8-9-10-11-12-13-16(20)19-15(18(23)24)14-17(21)22/h5-6,15H,2-4,7-14H2,1H3,(H,19,20)(H,21,22)(H,23,24)/b6-5-/t15-/m0/s1. The van der Waals surface area contributed by atoms with Crippen molar-refractivity contribution in [1.29, 1.82) is 0 Å². The first-order valence-electron chi connectivity index (χ1n) is 8.86. The van der Waals surface area contributed by atoms with Crippen molar-refractivity contribution in [1.82, 2.24) is 5.32 Å². The third-order valence-corrected chi connectivity index (χ3v) is 3.68. The Morgan fingerprint density at radius 3 is 2.08 bits per heavy atom. The fourth-order valence-electron chi connectivity index (χ4n) is 2.28. The number of nitrogens with one attached hydrogen (secondary N) is 1. The minimum Gasteiger partial charge on any atom is -0.481 e. The van der Waals surface area contributed by atoms with E-state index in [1.165, 1.54) is 12.8 Å². The number of carbonyl (C=O) groups is 3. The van der Waals surface area contributed by atoms with E-state index in [1.54, 1.807) is 0 Å². The minimum atomic E-state index is -1.35. The molecule has 0 aromatic carbocycles. The van der Waals surface area contributed by atoms with E-state index in [0.717, 1.165) is 38.5 Å². The molecule has 24 heavy (non-hydrogen) atoms. The summed E-state index contributed by atoms with van der Waals surface area (Å²) in [5.41, 5.74) is 0. The van der Waals surface area contributed by atoms with Crippen LogP contribution in [0.5, 0.6) is 0 Å². The maximum Gasteiger partial charge on any atom is 0.326 e. The molecular formula is C18H31NO5. The van der Waals surface area contributed by atoms with Crippen molar-refractivity contribution in [2.24, 2.45) is 0 Å². The first-order valence-corrected chi connectivity index (χ1v) is 8.86. The molecule has 0 aliphatic carbocycles. The van der Waals surface area contributed by atoms with Crippen LogP contribution in [0, 0.1) is 0 Å². The lowest BCUT2D eigenvalue weighted by molar-refractivity contribution is -0.147. The monoisotopic (exact) mass is 341 g/mol. The molecule has 1 amide bonds. The number of rotatable bonds is 15. The highest BCUT2D eigenvalue weighted by atomic mass is 16.4. The zero-order valence-electron chi connectivity index (χ0n) is 14.6. The van der Waals surface area contributed by atoms with Crippen LogP contribution >= 0.6 is 0 Å². The zero-order chi connectivity index (χ0) is 18.2.